The zero-order valence-electron chi connectivity index (χ0n) is 13.4. The Kier molecular flexibility index (Phi) is 6.10. The van der Waals surface area contributed by atoms with Crippen molar-refractivity contribution in [1.82, 2.24) is 10.3 Å². The van der Waals surface area contributed by atoms with E-state index in [1.165, 1.54) is 0 Å². The molecule has 0 fully saturated rings. The summed E-state index contributed by atoms with van der Waals surface area (Å²) >= 11 is 1.64. The van der Waals surface area contributed by atoms with E-state index in [9.17, 15) is 9.59 Å². The Morgan fingerprint density at radius 1 is 1.30 bits per heavy atom. The SMILES string of the molecule is CC(C)CC(NC(=O)CCCc1nc2ccccc2s1)C(=O)O. The number of carboxylic acid groups (broad SMARTS) is 1. The minimum absolute atomic E-state index is 0.209. The van der Waals surface area contributed by atoms with E-state index in [-0.39, 0.29) is 11.8 Å². The van der Waals surface area contributed by atoms with Crippen molar-refractivity contribution in [3.8, 4) is 0 Å². The van der Waals surface area contributed by atoms with Crippen LogP contribution in [0.15, 0.2) is 24.3 Å². The molecule has 6 heteroatoms. The average molecular weight is 334 g/mol. The number of aromatic nitrogens is 1. The van der Waals surface area contributed by atoms with Gasteiger partial charge >= 0.3 is 5.97 Å². The molecule has 0 aliphatic rings. The lowest BCUT2D eigenvalue weighted by Gasteiger charge is -2.16. The van der Waals surface area contributed by atoms with E-state index in [4.69, 9.17) is 5.11 Å². The maximum atomic E-state index is 11.9. The second kappa shape index (κ2) is 8.06. The molecule has 0 spiro atoms. The molecule has 1 atom stereocenters. The third kappa shape index (κ3) is 5.32. The molecule has 2 rings (SSSR count). The van der Waals surface area contributed by atoms with E-state index in [1.54, 1.807) is 11.3 Å². The zero-order valence-corrected chi connectivity index (χ0v) is 14.2. The van der Waals surface area contributed by atoms with Gasteiger partial charge in [0.15, 0.2) is 0 Å². The molecular weight excluding hydrogens is 312 g/mol. The number of hydrogen-bond donors (Lipinski definition) is 2. The Morgan fingerprint density at radius 2 is 2.04 bits per heavy atom. The molecule has 1 heterocycles. The van der Waals surface area contributed by atoms with Crippen LogP contribution in [0.2, 0.25) is 0 Å². The summed E-state index contributed by atoms with van der Waals surface area (Å²) in [7, 11) is 0. The lowest BCUT2D eigenvalue weighted by Crippen LogP contribution is -2.41. The Labute approximate surface area is 139 Å². The smallest absolute Gasteiger partial charge is 0.326 e. The van der Waals surface area contributed by atoms with Crippen molar-refractivity contribution in [3.63, 3.8) is 0 Å². The Balaban J connectivity index is 1.80. The van der Waals surface area contributed by atoms with E-state index >= 15 is 0 Å². The summed E-state index contributed by atoms with van der Waals surface area (Å²) in [5.74, 6) is -0.962. The van der Waals surface area contributed by atoms with Crippen LogP contribution in [0.25, 0.3) is 10.2 Å². The number of amides is 1. The number of aliphatic carboxylic acids is 1. The predicted octanol–water partition coefficient (Wildman–Crippen LogP) is 3.23. The van der Waals surface area contributed by atoms with Gasteiger partial charge in [0.05, 0.1) is 15.2 Å². The number of fused-ring (bicyclic) bond motifs is 1. The maximum absolute atomic E-state index is 11.9. The number of thiazole rings is 1. The third-order valence-electron chi connectivity index (χ3n) is 3.47. The van der Waals surface area contributed by atoms with E-state index in [1.807, 2.05) is 38.1 Å². The van der Waals surface area contributed by atoms with Crippen molar-refractivity contribution in [1.29, 1.82) is 0 Å². The fourth-order valence-electron chi connectivity index (χ4n) is 2.39. The van der Waals surface area contributed by atoms with Gasteiger partial charge in [-0.15, -0.1) is 11.3 Å². The molecule has 5 nitrogen and oxygen atoms in total. The monoisotopic (exact) mass is 334 g/mol. The molecule has 23 heavy (non-hydrogen) atoms. The number of nitrogens with zero attached hydrogens (tertiary/aromatic N) is 1. The number of aryl methyl sites for hydroxylation is 1. The quantitative estimate of drug-likeness (QED) is 0.777. The highest BCUT2D eigenvalue weighted by molar-refractivity contribution is 7.18. The van der Waals surface area contributed by atoms with Crippen LogP contribution in [0.4, 0.5) is 0 Å². The summed E-state index contributed by atoms with van der Waals surface area (Å²) < 4.78 is 1.15. The molecule has 124 valence electrons. The van der Waals surface area contributed by atoms with E-state index < -0.39 is 12.0 Å². The van der Waals surface area contributed by atoms with Gasteiger partial charge in [-0.2, -0.15) is 0 Å². The minimum Gasteiger partial charge on any atom is -0.480 e. The van der Waals surface area contributed by atoms with Crippen LogP contribution in [0.1, 0.15) is 38.1 Å². The summed E-state index contributed by atoms with van der Waals surface area (Å²) in [6.07, 6.45) is 2.16. The average Bonchev–Trinajstić information content (AvgIpc) is 2.88. The van der Waals surface area contributed by atoms with Gasteiger partial charge in [-0.1, -0.05) is 26.0 Å². The second-order valence-corrected chi connectivity index (χ2v) is 7.13. The number of rotatable bonds is 8. The van der Waals surface area contributed by atoms with Gasteiger partial charge < -0.3 is 10.4 Å². The molecule has 0 saturated carbocycles. The zero-order chi connectivity index (χ0) is 16.8. The third-order valence-corrected chi connectivity index (χ3v) is 4.57. The first-order valence-corrected chi connectivity index (χ1v) is 8.64. The van der Waals surface area contributed by atoms with Gasteiger partial charge in [0.25, 0.3) is 0 Å². The molecule has 0 saturated heterocycles. The first-order valence-electron chi connectivity index (χ1n) is 7.82. The van der Waals surface area contributed by atoms with Crippen molar-refractivity contribution in [2.45, 2.75) is 45.6 Å². The van der Waals surface area contributed by atoms with Crippen molar-refractivity contribution in [2.75, 3.05) is 0 Å². The highest BCUT2D eigenvalue weighted by Gasteiger charge is 2.20. The Morgan fingerprint density at radius 3 is 2.70 bits per heavy atom. The van der Waals surface area contributed by atoms with Gasteiger partial charge in [-0.05, 0) is 37.3 Å². The molecule has 0 bridgehead atoms. The van der Waals surface area contributed by atoms with Crippen molar-refractivity contribution in [3.05, 3.63) is 29.3 Å². The number of nitrogens with one attached hydrogen (secondary N) is 1. The summed E-state index contributed by atoms with van der Waals surface area (Å²) in [5, 5.41) is 12.7. The van der Waals surface area contributed by atoms with Gasteiger partial charge in [0, 0.05) is 6.42 Å². The van der Waals surface area contributed by atoms with Crippen LogP contribution in [0.5, 0.6) is 0 Å². The standard InChI is InChI=1S/C17H22N2O3S/c1-11(2)10-13(17(21)22)18-15(20)8-5-9-16-19-12-6-3-4-7-14(12)23-16/h3-4,6-7,11,13H,5,8-10H2,1-2H3,(H,18,20)(H,21,22). The molecule has 1 aromatic heterocycles. The number of carbonyl (C=O) groups is 2. The maximum Gasteiger partial charge on any atom is 0.326 e. The van der Waals surface area contributed by atoms with Gasteiger partial charge in [0.2, 0.25) is 5.91 Å². The highest BCUT2D eigenvalue weighted by Crippen LogP contribution is 2.22. The summed E-state index contributed by atoms with van der Waals surface area (Å²) in [4.78, 5) is 27.6. The van der Waals surface area contributed by atoms with Gasteiger partial charge in [0.1, 0.15) is 6.04 Å². The number of carbonyl (C=O) groups excluding carboxylic acids is 1. The lowest BCUT2D eigenvalue weighted by atomic mass is 10.0. The molecule has 2 aromatic rings. The second-order valence-electron chi connectivity index (χ2n) is 6.02. The van der Waals surface area contributed by atoms with Crippen LogP contribution >= 0.6 is 11.3 Å². The van der Waals surface area contributed by atoms with Gasteiger partial charge in [-0.25, -0.2) is 9.78 Å². The number of benzene rings is 1. The van der Waals surface area contributed by atoms with Crippen molar-refractivity contribution >= 4 is 33.4 Å². The van der Waals surface area contributed by atoms with Crippen LogP contribution in [-0.2, 0) is 16.0 Å². The molecular formula is C17H22N2O3S. The van der Waals surface area contributed by atoms with E-state index in [0.717, 1.165) is 21.6 Å². The predicted molar refractivity (Wildman–Crippen MR) is 91.6 cm³/mol. The summed E-state index contributed by atoms with van der Waals surface area (Å²) in [6.45, 7) is 3.88. The lowest BCUT2D eigenvalue weighted by molar-refractivity contribution is -0.142. The highest BCUT2D eigenvalue weighted by atomic mass is 32.1. The van der Waals surface area contributed by atoms with Crippen LogP contribution in [-0.4, -0.2) is 28.0 Å². The molecule has 0 aliphatic heterocycles. The fourth-order valence-corrected chi connectivity index (χ4v) is 3.40. The first kappa shape index (κ1) is 17.4. The topological polar surface area (TPSA) is 79.3 Å². The normalized spacial score (nSPS) is 12.5. The van der Waals surface area contributed by atoms with E-state index in [0.29, 0.717) is 19.3 Å². The molecule has 1 amide bonds. The van der Waals surface area contributed by atoms with Gasteiger partial charge in [-0.3, -0.25) is 4.79 Å². The number of para-hydroxylation sites is 1. The summed E-state index contributed by atoms with van der Waals surface area (Å²) in [6, 6.07) is 7.15. The minimum atomic E-state index is -0.974. The fraction of sp³-hybridized carbons (Fsp3) is 0.471. The van der Waals surface area contributed by atoms with E-state index in [2.05, 4.69) is 10.3 Å². The van der Waals surface area contributed by atoms with Crippen LogP contribution in [0.3, 0.4) is 0 Å². The first-order chi connectivity index (χ1) is 11.0. The van der Waals surface area contributed by atoms with Crippen LogP contribution in [0, 0.1) is 5.92 Å². The molecule has 1 aromatic carbocycles. The molecule has 0 aliphatic carbocycles. The van der Waals surface area contributed by atoms with Crippen molar-refractivity contribution in [2.24, 2.45) is 5.92 Å². The Bertz CT molecular complexity index is 648. The summed E-state index contributed by atoms with van der Waals surface area (Å²) in [5.41, 5.74) is 0.986. The molecule has 2 N–H and O–H groups in total. The number of hydrogen-bond acceptors (Lipinski definition) is 4. The largest absolute Gasteiger partial charge is 0.480 e. The molecule has 1 unspecified atom stereocenters. The molecule has 0 radical (unpaired) electrons. The Hall–Kier alpha value is -1.95. The number of carboxylic acids is 1. The van der Waals surface area contributed by atoms with Crippen molar-refractivity contribution < 1.29 is 14.7 Å². The van der Waals surface area contributed by atoms with Crippen LogP contribution < -0.4 is 5.32 Å².